The maximum absolute atomic E-state index is 14.4. The van der Waals surface area contributed by atoms with Crippen LogP contribution in [0.3, 0.4) is 0 Å². The number of fused-ring (bicyclic) bond motifs is 5. The van der Waals surface area contributed by atoms with Gasteiger partial charge in [0.2, 0.25) is 0 Å². The smallest absolute Gasteiger partial charge is 0.337 e. The highest BCUT2D eigenvalue weighted by Gasteiger charge is 2.73. The standard InChI is InChI=1S/C28H45NO7/c1-13-10-19-27(33,12-35-19)22-16(4)28(34)11-18(36-24(32)21(30)17(5)29-9)14(2)20(25(28,6)7)15(3)23(31)26(13,22)8/h13,15-19,21-22,29-30,33-34H,10-12H2,1-9H3/t13-,15+,16?,17?,18?,19?,21?,22?,26+,27?,28?/m0/s1. The number of hydrogen-bond acceptors (Lipinski definition) is 8. The first kappa shape index (κ1) is 27.7. The van der Waals surface area contributed by atoms with E-state index in [1.807, 2.05) is 48.5 Å². The molecule has 36 heavy (non-hydrogen) atoms. The molecule has 4 aliphatic rings. The number of ether oxygens (including phenoxy) is 2. The molecule has 0 aromatic carbocycles. The van der Waals surface area contributed by atoms with Gasteiger partial charge in [-0.1, -0.05) is 41.5 Å². The van der Waals surface area contributed by atoms with Gasteiger partial charge in [0.15, 0.2) is 6.10 Å². The predicted molar refractivity (Wildman–Crippen MR) is 134 cm³/mol. The van der Waals surface area contributed by atoms with Gasteiger partial charge in [0, 0.05) is 35.1 Å². The van der Waals surface area contributed by atoms with E-state index in [1.165, 1.54) is 0 Å². The lowest BCUT2D eigenvalue weighted by Crippen LogP contribution is -2.77. The van der Waals surface area contributed by atoms with Gasteiger partial charge in [-0.05, 0) is 50.3 Å². The summed E-state index contributed by atoms with van der Waals surface area (Å²) in [4.78, 5) is 27.3. The number of carbonyl (C=O) groups is 2. The zero-order valence-electron chi connectivity index (χ0n) is 23.2. The Hall–Kier alpha value is -1.32. The van der Waals surface area contributed by atoms with Crippen LogP contribution in [0.1, 0.15) is 68.2 Å². The second kappa shape index (κ2) is 8.60. The van der Waals surface area contributed by atoms with Gasteiger partial charge in [-0.2, -0.15) is 0 Å². The summed E-state index contributed by atoms with van der Waals surface area (Å²) < 4.78 is 11.6. The Labute approximate surface area is 214 Å². The van der Waals surface area contributed by atoms with Crippen LogP contribution in [0.5, 0.6) is 0 Å². The topological polar surface area (TPSA) is 125 Å². The SMILES string of the molecule is CNC(C)C(O)C(=O)OC1CC2(O)C(C)C3C4(O)COC4C[C@H](C)[C@@]3(C)C(=O)[C@H](C)C(=C1C)C2(C)C. The van der Waals surface area contributed by atoms with Crippen LogP contribution >= 0.6 is 0 Å². The van der Waals surface area contributed by atoms with Crippen molar-refractivity contribution in [1.82, 2.24) is 5.32 Å². The summed E-state index contributed by atoms with van der Waals surface area (Å²) in [6.45, 7) is 15.4. The van der Waals surface area contributed by atoms with E-state index in [2.05, 4.69) is 5.32 Å². The van der Waals surface area contributed by atoms with Crippen molar-refractivity contribution in [3.63, 3.8) is 0 Å². The molecule has 0 radical (unpaired) electrons. The molecule has 1 heterocycles. The van der Waals surface area contributed by atoms with Gasteiger partial charge >= 0.3 is 5.97 Å². The van der Waals surface area contributed by atoms with Crippen LogP contribution in [0.4, 0.5) is 0 Å². The molecule has 1 aliphatic heterocycles. The number of hydrogen-bond donors (Lipinski definition) is 4. The van der Waals surface area contributed by atoms with Crippen molar-refractivity contribution in [2.75, 3.05) is 13.7 Å². The third-order valence-electron chi connectivity index (χ3n) is 11.0. The number of likely N-dealkylation sites (N-methyl/N-ethyl adjacent to an activating group) is 1. The molecule has 0 amide bonds. The van der Waals surface area contributed by atoms with Crippen molar-refractivity contribution < 1.29 is 34.4 Å². The first-order chi connectivity index (χ1) is 16.5. The van der Waals surface area contributed by atoms with E-state index in [0.717, 1.165) is 11.1 Å². The van der Waals surface area contributed by atoms with Crippen molar-refractivity contribution in [2.45, 2.75) is 104 Å². The highest BCUT2D eigenvalue weighted by atomic mass is 16.6. The molecule has 2 bridgehead atoms. The number of aliphatic hydroxyl groups excluding tert-OH is 1. The van der Waals surface area contributed by atoms with E-state index in [-0.39, 0.29) is 30.8 Å². The highest BCUT2D eigenvalue weighted by Crippen LogP contribution is 2.66. The fraction of sp³-hybridized carbons (Fsp3) is 0.857. The van der Waals surface area contributed by atoms with E-state index in [4.69, 9.17) is 9.47 Å². The van der Waals surface area contributed by atoms with Gasteiger partial charge in [-0.25, -0.2) is 4.79 Å². The maximum atomic E-state index is 14.4. The average Bonchev–Trinajstić information content (AvgIpc) is 2.81. The molecule has 4 N–H and O–H groups in total. The van der Waals surface area contributed by atoms with Crippen molar-refractivity contribution >= 4 is 11.8 Å². The molecular formula is C28H45NO7. The number of nitrogens with one attached hydrogen (secondary N) is 1. The van der Waals surface area contributed by atoms with Crippen LogP contribution in [-0.4, -0.2) is 76.3 Å². The fourth-order valence-electron chi connectivity index (χ4n) is 8.48. The van der Waals surface area contributed by atoms with Crippen molar-refractivity contribution in [1.29, 1.82) is 0 Å². The summed E-state index contributed by atoms with van der Waals surface area (Å²) in [5.41, 5.74) is -2.73. The number of carbonyl (C=O) groups excluding carboxylic acids is 2. The molecule has 8 unspecified atom stereocenters. The predicted octanol–water partition coefficient (Wildman–Crippen LogP) is 1.99. The zero-order chi connectivity index (χ0) is 27.2. The van der Waals surface area contributed by atoms with Gasteiger partial charge in [0.05, 0.1) is 18.3 Å². The van der Waals surface area contributed by atoms with Gasteiger partial charge in [0.1, 0.15) is 17.5 Å². The number of Topliss-reactive ketones (excluding diaryl/α,β-unsaturated/α-hetero) is 1. The second-order valence-corrected chi connectivity index (χ2v) is 12.9. The number of rotatable bonds is 4. The fourth-order valence-corrected chi connectivity index (χ4v) is 8.48. The van der Waals surface area contributed by atoms with Gasteiger partial charge in [0.25, 0.3) is 0 Å². The van der Waals surface area contributed by atoms with Crippen LogP contribution in [-0.2, 0) is 19.1 Å². The first-order valence-electron chi connectivity index (χ1n) is 13.4. The van der Waals surface area contributed by atoms with E-state index < -0.39 is 64.0 Å². The van der Waals surface area contributed by atoms with Gasteiger partial charge < -0.3 is 30.1 Å². The number of aliphatic hydroxyl groups is 3. The van der Waals surface area contributed by atoms with Crippen LogP contribution in [0, 0.1) is 34.5 Å². The molecule has 0 spiro atoms. The van der Waals surface area contributed by atoms with Gasteiger partial charge in [-0.15, -0.1) is 0 Å². The third kappa shape index (κ3) is 3.37. The summed E-state index contributed by atoms with van der Waals surface area (Å²) in [6.07, 6.45) is -1.82. The van der Waals surface area contributed by atoms with E-state index >= 15 is 0 Å². The quantitative estimate of drug-likeness (QED) is 0.336. The van der Waals surface area contributed by atoms with Crippen LogP contribution < -0.4 is 5.32 Å². The minimum atomic E-state index is -1.39. The van der Waals surface area contributed by atoms with Gasteiger partial charge in [-0.3, -0.25) is 4.79 Å². The molecule has 8 nitrogen and oxygen atoms in total. The summed E-state index contributed by atoms with van der Waals surface area (Å²) in [5.74, 6) is -2.34. The molecule has 11 atom stereocenters. The lowest BCUT2D eigenvalue weighted by atomic mass is 9.41. The Balaban J connectivity index is 1.87. The molecule has 3 aliphatic carbocycles. The summed E-state index contributed by atoms with van der Waals surface area (Å²) in [5, 5.41) is 37.8. The summed E-state index contributed by atoms with van der Waals surface area (Å²) >= 11 is 0. The highest BCUT2D eigenvalue weighted by molar-refractivity contribution is 5.90. The summed E-state index contributed by atoms with van der Waals surface area (Å²) in [6, 6.07) is -0.507. The van der Waals surface area contributed by atoms with Crippen molar-refractivity contribution in [2.24, 2.45) is 34.5 Å². The lowest BCUT2D eigenvalue weighted by Gasteiger charge is -2.68. The van der Waals surface area contributed by atoms with Crippen LogP contribution in [0.25, 0.3) is 0 Å². The molecule has 0 aromatic rings. The Kier molecular flexibility index (Phi) is 6.62. The summed E-state index contributed by atoms with van der Waals surface area (Å²) in [7, 11) is 1.65. The van der Waals surface area contributed by atoms with Crippen LogP contribution in [0.15, 0.2) is 11.1 Å². The minimum absolute atomic E-state index is 0.0382. The maximum Gasteiger partial charge on any atom is 0.337 e. The Bertz CT molecular complexity index is 977. The zero-order valence-corrected chi connectivity index (χ0v) is 23.2. The van der Waals surface area contributed by atoms with Crippen molar-refractivity contribution in [3.05, 3.63) is 11.1 Å². The second-order valence-electron chi connectivity index (χ2n) is 12.9. The molecule has 4 rings (SSSR count). The molecule has 1 saturated heterocycles. The third-order valence-corrected chi connectivity index (χ3v) is 11.0. The molecule has 8 heteroatoms. The Morgan fingerprint density at radius 2 is 1.81 bits per heavy atom. The van der Waals surface area contributed by atoms with Crippen LogP contribution in [0.2, 0.25) is 0 Å². The first-order valence-corrected chi connectivity index (χ1v) is 13.4. The van der Waals surface area contributed by atoms with E-state index in [1.54, 1.807) is 14.0 Å². The minimum Gasteiger partial charge on any atom is -0.456 e. The number of ketones is 1. The average molecular weight is 508 g/mol. The largest absolute Gasteiger partial charge is 0.456 e. The molecule has 204 valence electrons. The van der Waals surface area contributed by atoms with E-state index in [0.29, 0.717) is 6.42 Å². The lowest BCUT2D eigenvalue weighted by molar-refractivity contribution is -0.328. The molecular weight excluding hydrogens is 462 g/mol. The monoisotopic (exact) mass is 507 g/mol. The van der Waals surface area contributed by atoms with E-state index in [9.17, 15) is 24.9 Å². The number of esters is 1. The Morgan fingerprint density at radius 1 is 1.19 bits per heavy atom. The normalized spacial score (nSPS) is 47.5. The molecule has 3 fully saturated rings. The molecule has 0 aromatic heterocycles. The Morgan fingerprint density at radius 3 is 2.33 bits per heavy atom. The molecule has 2 saturated carbocycles. The van der Waals surface area contributed by atoms with Crippen molar-refractivity contribution in [3.8, 4) is 0 Å².